The Labute approximate surface area is 120 Å². The number of phosphoric ester groups is 1. The quantitative estimate of drug-likeness (QED) is 0.492. The number of aromatic nitrogens is 1. The smallest absolute Gasteiger partial charge is 0.145 e. The molecule has 118 valence electrons. The Morgan fingerprint density at radius 3 is 2.71 bits per heavy atom. The predicted molar refractivity (Wildman–Crippen MR) is 63.1 cm³/mol. The molecule has 0 unspecified atom stereocenters. The first-order chi connectivity index (χ1) is 9.61. The van der Waals surface area contributed by atoms with Crippen LogP contribution in [0.2, 0.25) is 0 Å². The van der Waals surface area contributed by atoms with E-state index in [9.17, 15) is 29.4 Å². The average molecular weight is 318 g/mol. The van der Waals surface area contributed by atoms with Gasteiger partial charge >= 0.3 is 0 Å². The minimum Gasteiger partial charge on any atom is -0.790 e. The molecule has 9 nitrogen and oxygen atoms in total. The van der Waals surface area contributed by atoms with Gasteiger partial charge in [0.15, 0.2) is 0 Å². The summed E-state index contributed by atoms with van der Waals surface area (Å²) >= 11 is 0. The van der Waals surface area contributed by atoms with Gasteiger partial charge in [0.1, 0.15) is 18.3 Å². The van der Waals surface area contributed by atoms with Gasteiger partial charge in [0.25, 0.3) is 0 Å². The number of nitrogens with zero attached hydrogens (tertiary/aromatic N) is 1. The van der Waals surface area contributed by atoms with Gasteiger partial charge in [0.05, 0.1) is 31.7 Å². The molecule has 3 N–H and O–H groups in total. The van der Waals surface area contributed by atoms with Crippen LogP contribution >= 0.6 is 7.82 Å². The number of quaternary nitrogens is 1. The normalized spacial score (nSPS) is 13.1. The molecular formula is C11H15N2O7P-2. The van der Waals surface area contributed by atoms with Crippen LogP contribution in [0.5, 0.6) is 5.75 Å². The molecule has 21 heavy (non-hydrogen) atoms. The second-order valence-corrected chi connectivity index (χ2v) is 5.62. The summed E-state index contributed by atoms with van der Waals surface area (Å²) in [5.41, 5.74) is 0.728. The number of hydrogen-bond donors (Lipinski definition) is 2. The molecule has 10 heteroatoms. The largest absolute Gasteiger partial charge is 0.790 e. The van der Waals surface area contributed by atoms with E-state index in [1.165, 1.54) is 25.4 Å². The van der Waals surface area contributed by atoms with Crippen molar-refractivity contribution in [1.82, 2.24) is 4.98 Å². The van der Waals surface area contributed by atoms with Crippen LogP contribution in [0.15, 0.2) is 6.20 Å². The van der Waals surface area contributed by atoms with Crippen molar-refractivity contribution in [3.63, 3.8) is 0 Å². The van der Waals surface area contributed by atoms with E-state index >= 15 is 0 Å². The van der Waals surface area contributed by atoms with Crippen LogP contribution in [0.4, 0.5) is 0 Å². The fourth-order valence-corrected chi connectivity index (χ4v) is 1.87. The van der Waals surface area contributed by atoms with Gasteiger partial charge in [-0.2, -0.15) is 0 Å². The molecule has 0 bridgehead atoms. The lowest BCUT2D eigenvalue weighted by Gasteiger charge is -2.28. The van der Waals surface area contributed by atoms with E-state index in [-0.39, 0.29) is 29.1 Å². The number of aromatic hydroxyl groups is 1. The maximum atomic E-state index is 10.7. The van der Waals surface area contributed by atoms with Gasteiger partial charge in [0.2, 0.25) is 0 Å². The van der Waals surface area contributed by atoms with E-state index in [1.54, 1.807) is 0 Å². The Bertz CT molecular complexity index is 572. The topological polar surface area (TPSA) is 162 Å². The van der Waals surface area contributed by atoms with Crippen molar-refractivity contribution in [2.24, 2.45) is 0 Å². The Balaban J connectivity index is 2.95. The minimum atomic E-state index is -5.16. The number of carbonyl (C=O) groups is 1. The van der Waals surface area contributed by atoms with E-state index in [1.807, 2.05) is 0 Å². The zero-order valence-corrected chi connectivity index (χ0v) is 12.3. The summed E-state index contributed by atoms with van der Waals surface area (Å²) in [6.45, 7) is 2.39. The number of carbonyl (C=O) groups excluding carboxylic acids is 1. The Morgan fingerprint density at radius 2 is 2.19 bits per heavy atom. The van der Waals surface area contributed by atoms with Gasteiger partial charge < -0.3 is 39.2 Å². The van der Waals surface area contributed by atoms with Crippen molar-refractivity contribution < 1.29 is 39.2 Å². The third-order valence-electron chi connectivity index (χ3n) is 2.86. The van der Waals surface area contributed by atoms with Gasteiger partial charge in [0, 0.05) is 11.8 Å². The molecule has 1 aromatic rings. The molecule has 0 aliphatic heterocycles. The number of nitrogens with two attached hydrogens (primary N) is 1. The lowest BCUT2D eigenvalue weighted by Crippen LogP contribution is -2.91. The first-order valence-corrected chi connectivity index (χ1v) is 7.45. The van der Waals surface area contributed by atoms with Crippen LogP contribution in [-0.2, 0) is 27.0 Å². The third kappa shape index (κ3) is 5.41. The second kappa shape index (κ2) is 6.97. The summed E-state index contributed by atoms with van der Waals surface area (Å²) in [5, 5.41) is 22.0. The number of carboxylic acids is 1. The summed E-state index contributed by atoms with van der Waals surface area (Å²) in [5.74, 6) is -1.48. The van der Waals surface area contributed by atoms with Crippen LogP contribution in [-0.4, -0.2) is 22.1 Å². The summed E-state index contributed by atoms with van der Waals surface area (Å²) < 4.78 is 14.7. The van der Waals surface area contributed by atoms with Gasteiger partial charge in [-0.1, -0.05) is 0 Å². The average Bonchev–Trinajstić information content (AvgIpc) is 2.37. The van der Waals surface area contributed by atoms with E-state index in [0.29, 0.717) is 0 Å². The molecule has 0 saturated carbocycles. The summed E-state index contributed by atoms with van der Waals surface area (Å²) in [7, 11) is -5.16. The second-order valence-electron chi connectivity index (χ2n) is 4.46. The molecular weight excluding hydrogens is 303 g/mol. The predicted octanol–water partition coefficient (Wildman–Crippen LogP) is -3.36. The zero-order valence-electron chi connectivity index (χ0n) is 11.4. The highest BCUT2D eigenvalue weighted by Gasteiger charge is 2.16. The van der Waals surface area contributed by atoms with Crippen LogP contribution in [0, 0.1) is 6.92 Å². The van der Waals surface area contributed by atoms with E-state index in [4.69, 9.17) is 0 Å². The molecule has 0 amide bonds. The van der Waals surface area contributed by atoms with Crippen LogP contribution < -0.4 is 20.2 Å². The number of aliphatic carboxylic acids is 1. The first kappa shape index (κ1) is 17.5. The van der Waals surface area contributed by atoms with Gasteiger partial charge in [-0.15, -0.1) is 0 Å². The molecule has 0 radical (unpaired) electrons. The number of pyridine rings is 1. The summed E-state index contributed by atoms with van der Waals surface area (Å²) in [6, 6.07) is -0.864. The van der Waals surface area contributed by atoms with E-state index < -0.39 is 26.4 Å². The maximum Gasteiger partial charge on any atom is 0.145 e. The molecule has 0 aromatic carbocycles. The molecule has 0 aliphatic carbocycles. The maximum absolute atomic E-state index is 10.7. The van der Waals surface area contributed by atoms with Crippen molar-refractivity contribution in [1.29, 1.82) is 0 Å². The van der Waals surface area contributed by atoms with E-state index in [2.05, 4.69) is 9.51 Å². The zero-order chi connectivity index (χ0) is 16.2. The SMILES string of the molecule is Cc1ncc(COP(=O)([O-])[O-])c(C[NH2+][C@@H](C)C(=O)[O-])c1O. The van der Waals surface area contributed by atoms with Gasteiger partial charge in [-0.3, -0.25) is 4.98 Å². The molecule has 1 atom stereocenters. The molecule has 0 saturated heterocycles. The van der Waals surface area contributed by atoms with Gasteiger partial charge in [-0.25, -0.2) is 0 Å². The van der Waals surface area contributed by atoms with Crippen LogP contribution in [0.25, 0.3) is 0 Å². The van der Waals surface area contributed by atoms with Crippen molar-refractivity contribution in [2.45, 2.75) is 33.0 Å². The number of phosphoric acid groups is 1. The van der Waals surface area contributed by atoms with Crippen molar-refractivity contribution in [3.8, 4) is 5.75 Å². The first-order valence-electron chi connectivity index (χ1n) is 5.99. The van der Waals surface area contributed by atoms with Crippen LogP contribution in [0.3, 0.4) is 0 Å². The fraction of sp³-hybridized carbons (Fsp3) is 0.455. The molecule has 1 rings (SSSR count). The fourth-order valence-electron chi connectivity index (χ4n) is 1.58. The number of hydrogen-bond acceptors (Lipinski definition) is 8. The highest BCUT2D eigenvalue weighted by Crippen LogP contribution is 2.29. The molecule has 0 fully saturated rings. The Kier molecular flexibility index (Phi) is 5.82. The highest BCUT2D eigenvalue weighted by molar-refractivity contribution is 7.43. The summed E-state index contributed by atoms with van der Waals surface area (Å²) in [6.07, 6.45) is 1.26. The molecule has 1 heterocycles. The van der Waals surface area contributed by atoms with Crippen molar-refractivity contribution in [3.05, 3.63) is 23.0 Å². The van der Waals surface area contributed by atoms with Crippen molar-refractivity contribution in [2.75, 3.05) is 0 Å². The number of rotatable bonds is 7. The molecule has 1 aromatic heterocycles. The standard InChI is InChI=1S/C11H17N2O7P/c1-6-10(14)9(4-13-7(2)11(15)16)8(3-12-6)5-20-21(17,18)19/h3,7,13-14H,4-5H2,1-2H3,(H,15,16)(H2,17,18,19)/p-2/t7-/m0/s1. The monoisotopic (exact) mass is 318 g/mol. The van der Waals surface area contributed by atoms with Crippen molar-refractivity contribution >= 4 is 13.8 Å². The van der Waals surface area contributed by atoms with E-state index in [0.717, 1.165) is 0 Å². The molecule has 0 aliphatic rings. The lowest BCUT2D eigenvalue weighted by molar-refractivity contribution is -0.695. The minimum absolute atomic E-state index is 0.0328. The number of carboxylic acid groups (broad SMARTS) is 1. The Morgan fingerprint density at radius 1 is 1.57 bits per heavy atom. The van der Waals surface area contributed by atoms with Gasteiger partial charge in [-0.05, 0) is 13.8 Å². The van der Waals surface area contributed by atoms with Crippen LogP contribution in [0.1, 0.15) is 23.7 Å². The molecule has 0 spiro atoms. The Hall–Kier alpha value is -1.51. The third-order valence-corrected chi connectivity index (χ3v) is 3.30. The number of aryl methyl sites for hydroxylation is 1. The lowest BCUT2D eigenvalue weighted by atomic mass is 10.1. The summed E-state index contributed by atoms with van der Waals surface area (Å²) in [4.78, 5) is 35.5. The highest BCUT2D eigenvalue weighted by atomic mass is 31.2.